The van der Waals surface area contributed by atoms with E-state index in [0.717, 1.165) is 18.5 Å². The number of aryl methyl sites for hydroxylation is 2. The number of hydrogen-bond acceptors (Lipinski definition) is 4. The van der Waals surface area contributed by atoms with Gasteiger partial charge in [-0.05, 0) is 43.9 Å². The normalized spacial score (nSPS) is 13.3. The smallest absolute Gasteiger partial charge is 0.257 e. The van der Waals surface area contributed by atoms with Crippen LogP contribution >= 0.6 is 11.3 Å². The first-order valence-electron chi connectivity index (χ1n) is 6.56. The van der Waals surface area contributed by atoms with Crippen molar-refractivity contribution in [2.45, 2.75) is 25.7 Å². The highest BCUT2D eigenvalue weighted by Crippen LogP contribution is 2.29. The summed E-state index contributed by atoms with van der Waals surface area (Å²) < 4.78 is 0. The highest BCUT2D eigenvalue weighted by Gasteiger charge is 2.16. The van der Waals surface area contributed by atoms with Gasteiger partial charge in [-0.1, -0.05) is 6.07 Å². The molecular weight excluding hydrogens is 270 g/mol. The maximum atomic E-state index is 12.1. The van der Waals surface area contributed by atoms with Gasteiger partial charge in [0.2, 0.25) is 0 Å². The third-order valence-corrected chi connectivity index (χ3v) is 4.39. The Morgan fingerprint density at radius 1 is 1.35 bits per heavy atom. The molecule has 1 aliphatic carbocycles. The Balaban J connectivity index is 1.78. The first kappa shape index (κ1) is 12.8. The summed E-state index contributed by atoms with van der Waals surface area (Å²) in [5.74, 6) is -0.215. The Labute approximate surface area is 121 Å². The lowest BCUT2D eigenvalue weighted by molar-refractivity contribution is 0.102. The molecule has 0 spiro atoms. The molecule has 100 valence electrons. The first-order valence-corrected chi connectivity index (χ1v) is 7.38. The van der Waals surface area contributed by atoms with Crippen LogP contribution in [0.15, 0.2) is 24.3 Å². The number of anilines is 1. The largest absolute Gasteiger partial charge is 0.298 e. The molecule has 0 aliphatic heterocycles. The van der Waals surface area contributed by atoms with Crippen molar-refractivity contribution >= 4 is 22.4 Å². The van der Waals surface area contributed by atoms with Crippen molar-refractivity contribution in [3.63, 3.8) is 0 Å². The lowest BCUT2D eigenvalue weighted by atomic mass is 10.0. The van der Waals surface area contributed by atoms with Crippen LogP contribution in [0.25, 0.3) is 0 Å². The highest BCUT2D eigenvalue weighted by molar-refractivity contribution is 7.15. The van der Waals surface area contributed by atoms with Crippen molar-refractivity contribution in [2.75, 3.05) is 5.32 Å². The zero-order chi connectivity index (χ0) is 13.9. The molecule has 0 radical (unpaired) electrons. The third-order valence-electron chi connectivity index (χ3n) is 3.32. The van der Waals surface area contributed by atoms with Gasteiger partial charge in [0.15, 0.2) is 5.13 Å². The van der Waals surface area contributed by atoms with E-state index in [4.69, 9.17) is 5.26 Å². The van der Waals surface area contributed by atoms with E-state index < -0.39 is 0 Å². The molecule has 5 heteroatoms. The number of carbonyl (C=O) groups excluding carboxylic acids is 1. The van der Waals surface area contributed by atoms with Crippen LogP contribution in [0.3, 0.4) is 0 Å². The minimum atomic E-state index is -0.215. The Hall–Kier alpha value is -2.19. The molecule has 0 fully saturated rings. The van der Waals surface area contributed by atoms with E-state index in [2.05, 4.69) is 10.3 Å². The number of aromatic nitrogens is 1. The average Bonchev–Trinajstić information content (AvgIpc) is 2.89. The predicted octanol–water partition coefficient (Wildman–Crippen LogP) is 3.15. The summed E-state index contributed by atoms with van der Waals surface area (Å²) >= 11 is 1.56. The Kier molecular flexibility index (Phi) is 3.48. The first-order chi connectivity index (χ1) is 9.76. The number of carbonyl (C=O) groups is 1. The van der Waals surface area contributed by atoms with Crippen LogP contribution in [0.5, 0.6) is 0 Å². The Morgan fingerprint density at radius 2 is 2.20 bits per heavy atom. The van der Waals surface area contributed by atoms with Gasteiger partial charge >= 0.3 is 0 Å². The summed E-state index contributed by atoms with van der Waals surface area (Å²) in [6.07, 6.45) is 4.44. The van der Waals surface area contributed by atoms with Crippen molar-refractivity contribution in [3.8, 4) is 6.07 Å². The molecule has 0 saturated carbocycles. The van der Waals surface area contributed by atoms with Crippen LogP contribution in [0.1, 0.15) is 39.3 Å². The fourth-order valence-corrected chi connectivity index (χ4v) is 3.35. The van der Waals surface area contributed by atoms with Crippen LogP contribution in [0.4, 0.5) is 5.13 Å². The molecule has 1 N–H and O–H groups in total. The molecule has 0 unspecified atom stereocenters. The summed E-state index contributed by atoms with van der Waals surface area (Å²) in [7, 11) is 0. The van der Waals surface area contributed by atoms with Crippen LogP contribution in [0, 0.1) is 11.3 Å². The highest BCUT2D eigenvalue weighted by atomic mass is 32.1. The van der Waals surface area contributed by atoms with E-state index in [1.165, 1.54) is 17.7 Å². The van der Waals surface area contributed by atoms with Crippen LogP contribution in [0.2, 0.25) is 0 Å². The summed E-state index contributed by atoms with van der Waals surface area (Å²) in [6.45, 7) is 0. The van der Waals surface area contributed by atoms with Crippen LogP contribution in [-0.4, -0.2) is 10.9 Å². The number of nitrogens with one attached hydrogen (secondary N) is 1. The maximum absolute atomic E-state index is 12.1. The number of fused-ring (bicyclic) bond motifs is 1. The number of amides is 1. The molecule has 20 heavy (non-hydrogen) atoms. The van der Waals surface area contributed by atoms with Gasteiger partial charge in [-0.15, -0.1) is 11.3 Å². The second kappa shape index (κ2) is 5.43. The average molecular weight is 283 g/mol. The summed E-state index contributed by atoms with van der Waals surface area (Å²) in [5.41, 5.74) is 2.09. The van der Waals surface area contributed by atoms with Crippen molar-refractivity contribution < 1.29 is 4.79 Å². The zero-order valence-corrected chi connectivity index (χ0v) is 11.7. The molecule has 0 atom stereocenters. The van der Waals surface area contributed by atoms with E-state index in [1.54, 1.807) is 35.6 Å². The van der Waals surface area contributed by atoms with Gasteiger partial charge in [-0.25, -0.2) is 4.98 Å². The third kappa shape index (κ3) is 2.56. The topological polar surface area (TPSA) is 65.8 Å². The Bertz CT molecular complexity index is 676. The number of nitrogens with zero attached hydrogens (tertiary/aromatic N) is 2. The SMILES string of the molecule is N#Cc1cccc(C(=O)Nc2nc3c(s2)CCCC3)c1. The van der Waals surface area contributed by atoms with Crippen molar-refractivity contribution in [1.29, 1.82) is 5.26 Å². The van der Waals surface area contributed by atoms with E-state index in [0.29, 0.717) is 16.3 Å². The van der Waals surface area contributed by atoms with Gasteiger partial charge < -0.3 is 0 Å². The van der Waals surface area contributed by atoms with Gasteiger partial charge in [0.25, 0.3) is 5.91 Å². The molecule has 1 aliphatic rings. The number of hydrogen-bond donors (Lipinski definition) is 1. The Morgan fingerprint density at radius 3 is 3.00 bits per heavy atom. The van der Waals surface area contributed by atoms with Gasteiger partial charge in [0, 0.05) is 10.4 Å². The minimum Gasteiger partial charge on any atom is -0.298 e. The fraction of sp³-hybridized carbons (Fsp3) is 0.267. The summed E-state index contributed by atoms with van der Waals surface area (Å²) in [6, 6.07) is 8.71. The number of benzene rings is 1. The van der Waals surface area contributed by atoms with E-state index in [1.807, 2.05) is 6.07 Å². The lowest BCUT2D eigenvalue weighted by Gasteiger charge is -2.06. The number of thiazole rings is 1. The van der Waals surface area contributed by atoms with Gasteiger partial charge in [0.1, 0.15) is 0 Å². The summed E-state index contributed by atoms with van der Waals surface area (Å²) in [5, 5.41) is 12.3. The van der Waals surface area contributed by atoms with Crippen molar-refractivity contribution in [2.24, 2.45) is 0 Å². The molecule has 1 heterocycles. The van der Waals surface area contributed by atoms with E-state index in [-0.39, 0.29) is 5.91 Å². The molecule has 1 amide bonds. The standard InChI is InChI=1S/C15H13N3OS/c16-9-10-4-3-5-11(8-10)14(19)18-15-17-12-6-1-2-7-13(12)20-15/h3-5,8H,1-2,6-7H2,(H,17,18,19). The molecule has 0 bridgehead atoms. The molecule has 1 aromatic heterocycles. The summed E-state index contributed by atoms with van der Waals surface area (Å²) in [4.78, 5) is 17.9. The quantitative estimate of drug-likeness (QED) is 0.920. The van der Waals surface area contributed by atoms with E-state index in [9.17, 15) is 4.79 Å². The fourth-order valence-electron chi connectivity index (χ4n) is 2.30. The van der Waals surface area contributed by atoms with Gasteiger partial charge in [-0.3, -0.25) is 10.1 Å². The van der Waals surface area contributed by atoms with Crippen LogP contribution in [-0.2, 0) is 12.8 Å². The van der Waals surface area contributed by atoms with Gasteiger partial charge in [0.05, 0.1) is 17.3 Å². The van der Waals surface area contributed by atoms with Gasteiger partial charge in [-0.2, -0.15) is 5.26 Å². The zero-order valence-electron chi connectivity index (χ0n) is 10.8. The molecule has 4 nitrogen and oxygen atoms in total. The molecule has 2 aromatic rings. The minimum absolute atomic E-state index is 0.215. The molecule has 0 saturated heterocycles. The second-order valence-electron chi connectivity index (χ2n) is 4.74. The van der Waals surface area contributed by atoms with E-state index >= 15 is 0 Å². The van der Waals surface area contributed by atoms with Crippen LogP contribution < -0.4 is 5.32 Å². The molecule has 3 rings (SSSR count). The monoisotopic (exact) mass is 283 g/mol. The predicted molar refractivity (Wildman–Crippen MR) is 77.9 cm³/mol. The maximum Gasteiger partial charge on any atom is 0.257 e. The second-order valence-corrected chi connectivity index (χ2v) is 5.83. The van der Waals surface area contributed by atoms with Crippen molar-refractivity contribution in [3.05, 3.63) is 46.0 Å². The molecular formula is C15H13N3OS. The molecule has 1 aromatic carbocycles. The number of rotatable bonds is 2. The lowest BCUT2D eigenvalue weighted by Crippen LogP contribution is -2.11. The van der Waals surface area contributed by atoms with Crippen molar-refractivity contribution in [1.82, 2.24) is 4.98 Å². The number of nitriles is 1.